The van der Waals surface area contributed by atoms with E-state index >= 15 is 0 Å². The second-order valence-corrected chi connectivity index (χ2v) is 9.84. The molecule has 4 aromatic rings. The summed E-state index contributed by atoms with van der Waals surface area (Å²) in [5, 5.41) is 9.53. The Morgan fingerprint density at radius 3 is 2.39 bits per heavy atom. The van der Waals surface area contributed by atoms with Gasteiger partial charge in [0.15, 0.2) is 0 Å². The number of halogens is 1. The van der Waals surface area contributed by atoms with Crippen LogP contribution in [0.25, 0.3) is 22.3 Å². The van der Waals surface area contributed by atoms with Gasteiger partial charge in [0.1, 0.15) is 0 Å². The summed E-state index contributed by atoms with van der Waals surface area (Å²) in [5.74, 6) is -0.470. The second kappa shape index (κ2) is 11.7. The fourth-order valence-electron chi connectivity index (χ4n) is 4.82. The number of carbonyl (C=O) groups is 2. The zero-order chi connectivity index (χ0) is 26.5. The van der Waals surface area contributed by atoms with E-state index in [0.717, 1.165) is 18.4 Å². The molecule has 0 bridgehead atoms. The molecule has 2 heterocycles. The summed E-state index contributed by atoms with van der Waals surface area (Å²) in [6.45, 7) is 1.58. The third kappa shape index (κ3) is 6.01. The van der Waals surface area contributed by atoms with E-state index in [1.807, 2.05) is 29.2 Å². The minimum atomic E-state index is -0.927. The fraction of sp³-hybridized carbons (Fsp3) is 0.267. The number of likely N-dealkylation sites (tertiary alicyclic amines) is 1. The molecule has 1 saturated heterocycles. The lowest BCUT2D eigenvalue weighted by molar-refractivity contribution is -0.138. The van der Waals surface area contributed by atoms with Gasteiger partial charge in [-0.25, -0.2) is 9.97 Å². The van der Waals surface area contributed by atoms with Crippen LogP contribution < -0.4 is 0 Å². The number of hydrogen-bond donors (Lipinski definition) is 1. The Labute approximate surface area is 226 Å². The van der Waals surface area contributed by atoms with Crippen LogP contribution in [0.2, 0.25) is 5.02 Å². The predicted octanol–water partition coefficient (Wildman–Crippen LogP) is 5.96. The van der Waals surface area contributed by atoms with Crippen LogP contribution in [0.3, 0.4) is 0 Å². The number of hydrogen-bond acceptors (Lipinski definition) is 5. The number of rotatable bonds is 8. The Hall–Kier alpha value is -3.81. The summed E-state index contributed by atoms with van der Waals surface area (Å²) in [6, 6.07) is 23.1. The zero-order valence-corrected chi connectivity index (χ0v) is 21.6. The maximum atomic E-state index is 13.4. The molecule has 38 heavy (non-hydrogen) atoms. The molecule has 1 aromatic heterocycles. The average molecular weight is 530 g/mol. The van der Waals surface area contributed by atoms with Crippen LogP contribution in [0, 0.1) is 0 Å². The first kappa shape index (κ1) is 25.8. The van der Waals surface area contributed by atoms with Crippen molar-refractivity contribution < 1.29 is 19.4 Å². The van der Waals surface area contributed by atoms with Gasteiger partial charge < -0.3 is 14.7 Å². The Kier molecular flexibility index (Phi) is 7.96. The Morgan fingerprint density at radius 2 is 1.68 bits per heavy atom. The average Bonchev–Trinajstić information content (AvgIpc) is 2.95. The Balaban J connectivity index is 1.37. The van der Waals surface area contributed by atoms with E-state index in [2.05, 4.69) is 24.3 Å². The molecule has 3 aromatic carbocycles. The molecule has 0 radical (unpaired) electrons. The molecule has 1 fully saturated rings. The summed E-state index contributed by atoms with van der Waals surface area (Å²) in [6.07, 6.45) is 1.77. The number of amides is 1. The van der Waals surface area contributed by atoms with Gasteiger partial charge in [-0.1, -0.05) is 54.1 Å². The highest BCUT2D eigenvalue weighted by atomic mass is 35.5. The van der Waals surface area contributed by atoms with Crippen molar-refractivity contribution in [2.24, 2.45) is 0 Å². The van der Waals surface area contributed by atoms with Crippen molar-refractivity contribution in [3.8, 4) is 11.3 Å². The minimum Gasteiger partial charge on any atom is -0.481 e. The molecule has 194 valence electrons. The van der Waals surface area contributed by atoms with Gasteiger partial charge >= 0.3 is 5.97 Å². The molecule has 0 atom stereocenters. The van der Waals surface area contributed by atoms with E-state index in [-0.39, 0.29) is 25.5 Å². The summed E-state index contributed by atoms with van der Waals surface area (Å²) >= 11 is 6.06. The SMILES string of the molecule is O=C(O)CCOCc1nc2cc(C(=O)N3CCC(c4ccccc4)CC3)ccc2nc1-c1ccc(Cl)cc1. The van der Waals surface area contributed by atoms with Gasteiger partial charge in [-0.05, 0) is 54.7 Å². The van der Waals surface area contributed by atoms with Crippen molar-refractivity contribution >= 4 is 34.5 Å². The van der Waals surface area contributed by atoms with E-state index in [1.165, 1.54) is 5.56 Å². The van der Waals surface area contributed by atoms with Gasteiger partial charge in [0, 0.05) is 29.2 Å². The first-order chi connectivity index (χ1) is 18.5. The molecule has 1 N–H and O–H groups in total. The molecule has 0 saturated carbocycles. The smallest absolute Gasteiger partial charge is 0.305 e. The van der Waals surface area contributed by atoms with E-state index in [1.54, 1.807) is 24.3 Å². The highest BCUT2D eigenvalue weighted by Crippen LogP contribution is 2.30. The van der Waals surface area contributed by atoms with E-state index < -0.39 is 5.97 Å². The highest BCUT2D eigenvalue weighted by Gasteiger charge is 2.25. The van der Waals surface area contributed by atoms with Crippen molar-refractivity contribution in [3.05, 3.63) is 94.6 Å². The monoisotopic (exact) mass is 529 g/mol. The number of ether oxygens (including phenoxy) is 1. The van der Waals surface area contributed by atoms with Crippen LogP contribution in [0.15, 0.2) is 72.8 Å². The first-order valence-electron chi connectivity index (χ1n) is 12.7. The fourth-order valence-corrected chi connectivity index (χ4v) is 4.94. The number of aliphatic carboxylic acids is 1. The molecule has 8 heteroatoms. The number of carboxylic acid groups (broad SMARTS) is 1. The highest BCUT2D eigenvalue weighted by molar-refractivity contribution is 6.30. The summed E-state index contributed by atoms with van der Waals surface area (Å²) in [4.78, 5) is 35.7. The zero-order valence-electron chi connectivity index (χ0n) is 20.8. The first-order valence-corrected chi connectivity index (χ1v) is 13.1. The van der Waals surface area contributed by atoms with Crippen LogP contribution in [0.4, 0.5) is 0 Å². The normalized spacial score (nSPS) is 14.1. The maximum absolute atomic E-state index is 13.4. The lowest BCUT2D eigenvalue weighted by Crippen LogP contribution is -2.37. The second-order valence-electron chi connectivity index (χ2n) is 9.40. The van der Waals surface area contributed by atoms with Crippen molar-refractivity contribution in [1.82, 2.24) is 14.9 Å². The van der Waals surface area contributed by atoms with Crippen molar-refractivity contribution in [3.63, 3.8) is 0 Å². The molecule has 0 spiro atoms. The van der Waals surface area contributed by atoms with Gasteiger partial charge in [0.05, 0.1) is 42.1 Å². The van der Waals surface area contributed by atoms with E-state index in [9.17, 15) is 9.59 Å². The summed E-state index contributed by atoms with van der Waals surface area (Å²) in [7, 11) is 0. The molecular formula is C30H28ClN3O4. The van der Waals surface area contributed by atoms with Crippen molar-refractivity contribution in [2.45, 2.75) is 31.8 Å². The molecular weight excluding hydrogens is 502 g/mol. The molecule has 0 unspecified atom stereocenters. The van der Waals surface area contributed by atoms with Crippen LogP contribution in [0.1, 0.15) is 46.8 Å². The van der Waals surface area contributed by atoms with E-state index in [0.29, 0.717) is 52.0 Å². The van der Waals surface area contributed by atoms with Gasteiger partial charge in [-0.15, -0.1) is 0 Å². The number of fused-ring (bicyclic) bond motifs is 1. The number of nitrogens with zero attached hydrogens (tertiary/aromatic N) is 3. The molecule has 7 nitrogen and oxygen atoms in total. The van der Waals surface area contributed by atoms with Crippen LogP contribution >= 0.6 is 11.6 Å². The van der Waals surface area contributed by atoms with Gasteiger partial charge in [-0.3, -0.25) is 9.59 Å². The molecule has 5 rings (SSSR count). The van der Waals surface area contributed by atoms with Crippen LogP contribution in [-0.2, 0) is 16.1 Å². The quantitative estimate of drug-likeness (QED) is 0.283. The lowest BCUT2D eigenvalue weighted by atomic mass is 9.89. The Morgan fingerprint density at radius 1 is 0.947 bits per heavy atom. The van der Waals surface area contributed by atoms with Crippen molar-refractivity contribution in [2.75, 3.05) is 19.7 Å². The van der Waals surface area contributed by atoms with E-state index in [4.69, 9.17) is 31.4 Å². The van der Waals surface area contributed by atoms with Crippen LogP contribution in [-0.4, -0.2) is 51.5 Å². The minimum absolute atomic E-state index is 0.0127. The summed E-state index contributed by atoms with van der Waals surface area (Å²) < 4.78 is 5.60. The third-order valence-electron chi connectivity index (χ3n) is 6.85. The third-order valence-corrected chi connectivity index (χ3v) is 7.11. The number of aromatic nitrogens is 2. The predicted molar refractivity (Wildman–Crippen MR) is 146 cm³/mol. The largest absolute Gasteiger partial charge is 0.481 e. The summed E-state index contributed by atoms with van der Waals surface area (Å²) in [5.41, 5.74) is 5.16. The van der Waals surface area contributed by atoms with Gasteiger partial charge in [-0.2, -0.15) is 0 Å². The number of carbonyl (C=O) groups excluding carboxylic acids is 1. The standard InChI is InChI=1S/C30H28ClN3O4/c31-24-9-6-22(7-10-24)29-27(19-38-17-14-28(35)36)32-26-18-23(8-11-25(26)33-29)30(37)34-15-12-21(13-16-34)20-4-2-1-3-5-20/h1-11,18,21H,12-17,19H2,(H,35,36). The lowest BCUT2D eigenvalue weighted by Gasteiger charge is -2.32. The number of carboxylic acids is 1. The topological polar surface area (TPSA) is 92.6 Å². The maximum Gasteiger partial charge on any atom is 0.305 e. The molecule has 1 aliphatic heterocycles. The molecule has 1 amide bonds. The van der Waals surface area contributed by atoms with Crippen molar-refractivity contribution in [1.29, 1.82) is 0 Å². The number of benzene rings is 3. The van der Waals surface area contributed by atoms with Gasteiger partial charge in [0.2, 0.25) is 0 Å². The van der Waals surface area contributed by atoms with Gasteiger partial charge in [0.25, 0.3) is 5.91 Å². The number of piperidine rings is 1. The molecule has 0 aliphatic carbocycles. The van der Waals surface area contributed by atoms with Crippen LogP contribution in [0.5, 0.6) is 0 Å². The molecule has 1 aliphatic rings. The Bertz CT molecular complexity index is 1440.